The highest BCUT2D eigenvalue weighted by molar-refractivity contribution is 6.31. The first kappa shape index (κ1) is 15.6. The average molecular weight is 299 g/mol. The summed E-state index contributed by atoms with van der Waals surface area (Å²) in [6.07, 6.45) is 2.30. The molecule has 2 nitrogen and oxygen atoms in total. The van der Waals surface area contributed by atoms with Crippen LogP contribution >= 0.6 is 11.6 Å². The van der Waals surface area contributed by atoms with E-state index in [1.807, 2.05) is 42.5 Å². The smallest absolute Gasteiger partial charge is 0.0638 e. The number of hydrogen-bond donors (Lipinski definition) is 1. The highest BCUT2D eigenvalue weighted by Crippen LogP contribution is 2.17. The second-order valence-corrected chi connectivity index (χ2v) is 5.46. The van der Waals surface area contributed by atoms with Crippen molar-refractivity contribution in [2.45, 2.75) is 31.8 Å². The van der Waals surface area contributed by atoms with Crippen molar-refractivity contribution in [3.63, 3.8) is 0 Å². The largest absolute Gasteiger partial charge is 0.309 e. The number of nitrogens with one attached hydrogen (secondary N) is 1. The molecule has 0 aromatic heterocycles. The number of nitrogens with zero attached hydrogens (tertiary/aromatic N) is 1. The number of halogens is 1. The molecule has 1 atom stereocenters. The maximum absolute atomic E-state index is 8.97. The average Bonchev–Trinajstić information content (AvgIpc) is 2.52. The van der Waals surface area contributed by atoms with E-state index in [2.05, 4.69) is 23.5 Å². The molecule has 3 heteroatoms. The number of benzene rings is 2. The molecule has 2 aromatic rings. The Balaban J connectivity index is 1.87. The van der Waals surface area contributed by atoms with Crippen molar-refractivity contribution in [2.24, 2.45) is 0 Å². The van der Waals surface area contributed by atoms with Gasteiger partial charge in [-0.2, -0.15) is 5.26 Å². The summed E-state index contributed by atoms with van der Waals surface area (Å²) in [7, 11) is 0. The van der Waals surface area contributed by atoms with Crippen molar-refractivity contribution >= 4 is 11.6 Å². The van der Waals surface area contributed by atoms with Gasteiger partial charge in [-0.1, -0.05) is 60.1 Å². The molecule has 0 radical (unpaired) electrons. The molecule has 0 aliphatic carbocycles. The molecule has 0 saturated carbocycles. The third kappa shape index (κ3) is 5.23. The van der Waals surface area contributed by atoms with Gasteiger partial charge in [0.05, 0.1) is 12.5 Å². The van der Waals surface area contributed by atoms with Crippen molar-refractivity contribution < 1.29 is 0 Å². The minimum absolute atomic E-state index is 0.187. The van der Waals surface area contributed by atoms with E-state index in [0.717, 1.165) is 30.0 Å². The van der Waals surface area contributed by atoms with Crippen LogP contribution in [-0.4, -0.2) is 6.04 Å². The monoisotopic (exact) mass is 298 g/mol. The summed E-state index contributed by atoms with van der Waals surface area (Å²) in [4.78, 5) is 0. The van der Waals surface area contributed by atoms with E-state index in [4.69, 9.17) is 16.9 Å². The summed E-state index contributed by atoms with van der Waals surface area (Å²) in [5.74, 6) is 0. The van der Waals surface area contributed by atoms with Crippen LogP contribution in [0.4, 0.5) is 0 Å². The topological polar surface area (TPSA) is 35.8 Å². The van der Waals surface area contributed by atoms with Crippen molar-refractivity contribution in [3.05, 3.63) is 70.7 Å². The van der Waals surface area contributed by atoms with Crippen LogP contribution in [0.1, 0.15) is 24.0 Å². The van der Waals surface area contributed by atoms with E-state index in [1.165, 1.54) is 5.56 Å². The van der Waals surface area contributed by atoms with Crippen molar-refractivity contribution in [1.29, 1.82) is 5.26 Å². The summed E-state index contributed by atoms with van der Waals surface area (Å²) in [5, 5.41) is 13.2. The summed E-state index contributed by atoms with van der Waals surface area (Å²) in [6.45, 7) is 0.787. The summed E-state index contributed by atoms with van der Waals surface area (Å²) in [6, 6.07) is 20.6. The minimum Gasteiger partial charge on any atom is -0.309 e. The number of nitriles is 1. The predicted octanol–water partition coefficient (Wildman–Crippen LogP) is 4.34. The van der Waals surface area contributed by atoms with Gasteiger partial charge in [0.25, 0.3) is 0 Å². The van der Waals surface area contributed by atoms with Gasteiger partial charge < -0.3 is 5.32 Å². The lowest BCUT2D eigenvalue weighted by molar-refractivity contribution is 0.486. The Hall–Kier alpha value is -1.82. The van der Waals surface area contributed by atoms with Gasteiger partial charge in [-0.05, 0) is 30.0 Å². The molecule has 21 heavy (non-hydrogen) atoms. The van der Waals surface area contributed by atoms with E-state index in [1.54, 1.807) is 0 Å². The van der Waals surface area contributed by atoms with Gasteiger partial charge >= 0.3 is 0 Å². The summed E-state index contributed by atoms with van der Waals surface area (Å²) in [5.41, 5.74) is 2.38. The lowest BCUT2D eigenvalue weighted by Gasteiger charge is -2.16. The second kappa shape index (κ2) is 8.46. The van der Waals surface area contributed by atoms with Gasteiger partial charge in [-0.15, -0.1) is 0 Å². The fraction of sp³-hybridized carbons (Fsp3) is 0.278. The van der Waals surface area contributed by atoms with Crippen LogP contribution < -0.4 is 5.32 Å². The van der Waals surface area contributed by atoms with E-state index in [0.29, 0.717) is 6.42 Å². The highest BCUT2D eigenvalue weighted by Gasteiger charge is 2.09. The summed E-state index contributed by atoms with van der Waals surface area (Å²) >= 11 is 6.17. The van der Waals surface area contributed by atoms with E-state index in [9.17, 15) is 0 Å². The Kier molecular flexibility index (Phi) is 6.27. The number of hydrogen-bond acceptors (Lipinski definition) is 2. The van der Waals surface area contributed by atoms with Gasteiger partial charge in [-0.25, -0.2) is 0 Å². The first-order valence-corrected chi connectivity index (χ1v) is 7.55. The van der Waals surface area contributed by atoms with Crippen LogP contribution in [-0.2, 0) is 13.0 Å². The van der Waals surface area contributed by atoms with E-state index < -0.39 is 0 Å². The van der Waals surface area contributed by atoms with Gasteiger partial charge in [0.15, 0.2) is 0 Å². The predicted molar refractivity (Wildman–Crippen MR) is 87.1 cm³/mol. The Morgan fingerprint density at radius 2 is 1.76 bits per heavy atom. The number of aryl methyl sites for hydroxylation is 1. The first-order chi connectivity index (χ1) is 10.3. The number of rotatable bonds is 7. The van der Waals surface area contributed by atoms with E-state index >= 15 is 0 Å². The molecule has 1 N–H and O–H groups in total. The molecular formula is C18H19ClN2. The Morgan fingerprint density at radius 1 is 1.05 bits per heavy atom. The maximum Gasteiger partial charge on any atom is 0.0638 e. The Morgan fingerprint density at radius 3 is 2.48 bits per heavy atom. The fourth-order valence-electron chi connectivity index (χ4n) is 2.28. The molecule has 108 valence electrons. The maximum atomic E-state index is 8.97. The second-order valence-electron chi connectivity index (χ2n) is 5.06. The van der Waals surface area contributed by atoms with Crippen molar-refractivity contribution in [1.82, 2.24) is 5.32 Å². The van der Waals surface area contributed by atoms with Crippen LogP contribution in [0, 0.1) is 11.3 Å². The Bertz CT molecular complexity index is 590. The molecule has 0 amide bonds. The molecule has 0 saturated heterocycles. The van der Waals surface area contributed by atoms with E-state index in [-0.39, 0.29) is 6.04 Å². The highest BCUT2D eigenvalue weighted by atomic mass is 35.5. The van der Waals surface area contributed by atoms with Crippen LogP contribution in [0.3, 0.4) is 0 Å². The molecule has 2 aromatic carbocycles. The van der Waals surface area contributed by atoms with Crippen molar-refractivity contribution in [3.8, 4) is 6.07 Å². The van der Waals surface area contributed by atoms with Gasteiger partial charge in [0.2, 0.25) is 0 Å². The summed E-state index contributed by atoms with van der Waals surface area (Å²) < 4.78 is 0. The molecule has 0 aliphatic heterocycles. The molecule has 2 rings (SSSR count). The molecule has 0 spiro atoms. The van der Waals surface area contributed by atoms with Crippen LogP contribution in [0.25, 0.3) is 0 Å². The van der Waals surface area contributed by atoms with Gasteiger partial charge in [0.1, 0.15) is 0 Å². The van der Waals surface area contributed by atoms with Crippen LogP contribution in [0.5, 0.6) is 0 Å². The minimum atomic E-state index is 0.187. The zero-order chi connectivity index (χ0) is 14.9. The lowest BCUT2D eigenvalue weighted by Crippen LogP contribution is -2.28. The molecule has 0 aliphatic rings. The molecule has 1 unspecified atom stereocenters. The SMILES string of the molecule is N#CCC(CCc1ccccc1Cl)NCc1ccccc1. The molecule has 0 bridgehead atoms. The normalized spacial score (nSPS) is 11.8. The van der Waals surface area contributed by atoms with Gasteiger partial charge in [0, 0.05) is 17.6 Å². The zero-order valence-corrected chi connectivity index (χ0v) is 12.7. The quantitative estimate of drug-likeness (QED) is 0.825. The van der Waals surface area contributed by atoms with Crippen LogP contribution in [0.2, 0.25) is 5.02 Å². The molecular weight excluding hydrogens is 280 g/mol. The fourth-order valence-corrected chi connectivity index (χ4v) is 2.51. The third-order valence-corrected chi connectivity index (χ3v) is 3.86. The van der Waals surface area contributed by atoms with Gasteiger partial charge in [-0.3, -0.25) is 0 Å². The zero-order valence-electron chi connectivity index (χ0n) is 11.9. The Labute approximate surface area is 131 Å². The molecule has 0 heterocycles. The standard InChI is InChI=1S/C18H19ClN2/c19-18-9-5-4-8-16(18)10-11-17(12-13-20)21-14-15-6-2-1-3-7-15/h1-9,17,21H,10-12,14H2. The first-order valence-electron chi connectivity index (χ1n) is 7.17. The van der Waals surface area contributed by atoms with Crippen LogP contribution in [0.15, 0.2) is 54.6 Å². The third-order valence-electron chi connectivity index (χ3n) is 3.50. The molecule has 0 fully saturated rings. The lowest BCUT2D eigenvalue weighted by atomic mass is 10.0. The van der Waals surface area contributed by atoms with Crippen molar-refractivity contribution in [2.75, 3.05) is 0 Å².